The number of carbonyl (C=O) groups excluding carboxylic acids is 1. The van der Waals surface area contributed by atoms with Crippen molar-refractivity contribution in [2.24, 2.45) is 11.3 Å². The van der Waals surface area contributed by atoms with E-state index in [0.29, 0.717) is 112 Å². The van der Waals surface area contributed by atoms with Gasteiger partial charge in [0, 0.05) is 7.11 Å². The smallest absolute Gasteiger partial charge is 0.309 e. The zero-order chi connectivity index (χ0) is 27.5. The molecular formula is C26H52O11. The Hall–Kier alpha value is -0.890. The van der Waals surface area contributed by atoms with Gasteiger partial charge in [0.05, 0.1) is 118 Å². The first-order valence-corrected chi connectivity index (χ1v) is 13.2. The molecule has 0 aliphatic heterocycles. The largest absolute Gasteiger partial charge is 0.463 e. The summed E-state index contributed by atoms with van der Waals surface area (Å²) in [6.07, 6.45) is 0. The third-order valence-corrected chi connectivity index (χ3v) is 5.16. The number of rotatable bonds is 28. The van der Waals surface area contributed by atoms with Crippen LogP contribution in [0.1, 0.15) is 27.7 Å². The molecule has 0 heterocycles. The van der Waals surface area contributed by atoms with Crippen molar-refractivity contribution in [1.82, 2.24) is 0 Å². The first-order valence-electron chi connectivity index (χ1n) is 13.2. The molecule has 0 N–H and O–H groups in total. The molecule has 0 amide bonds. The molecule has 0 saturated heterocycles. The highest BCUT2D eigenvalue weighted by atomic mass is 16.6. The molecule has 0 aliphatic carbocycles. The van der Waals surface area contributed by atoms with Crippen LogP contribution in [0.5, 0.6) is 0 Å². The summed E-state index contributed by atoms with van der Waals surface area (Å²) in [7, 11) is 1.64. The Kier molecular flexibility index (Phi) is 26.1. The Morgan fingerprint density at radius 1 is 0.486 bits per heavy atom. The first kappa shape index (κ1) is 36.1. The van der Waals surface area contributed by atoms with E-state index in [2.05, 4.69) is 0 Å². The molecule has 0 aliphatic rings. The van der Waals surface area contributed by atoms with Crippen molar-refractivity contribution in [1.29, 1.82) is 0 Å². The molecule has 0 aromatic carbocycles. The molecule has 222 valence electrons. The van der Waals surface area contributed by atoms with Crippen molar-refractivity contribution in [2.45, 2.75) is 27.7 Å². The molecule has 1 unspecified atom stereocenters. The lowest BCUT2D eigenvalue weighted by Crippen LogP contribution is -2.28. The zero-order valence-electron chi connectivity index (χ0n) is 23.8. The average Bonchev–Trinajstić information content (AvgIpc) is 2.87. The molecule has 37 heavy (non-hydrogen) atoms. The minimum absolute atomic E-state index is 0.109. The van der Waals surface area contributed by atoms with E-state index >= 15 is 0 Å². The van der Waals surface area contributed by atoms with E-state index in [4.69, 9.17) is 47.4 Å². The SMILES string of the molecule is COCCOCCOCCOCCOCCOCCOCCOCCOCCOC(=O)C(C)C(C)(C)C. The Morgan fingerprint density at radius 2 is 0.730 bits per heavy atom. The maximum absolute atomic E-state index is 11.9. The second-order valence-corrected chi connectivity index (χ2v) is 9.15. The maximum Gasteiger partial charge on any atom is 0.309 e. The minimum atomic E-state index is -0.194. The summed E-state index contributed by atoms with van der Waals surface area (Å²) in [5.74, 6) is -0.347. The summed E-state index contributed by atoms with van der Waals surface area (Å²) in [5.41, 5.74) is -0.109. The van der Waals surface area contributed by atoms with Gasteiger partial charge in [-0.05, 0) is 5.41 Å². The minimum Gasteiger partial charge on any atom is -0.463 e. The normalized spacial score (nSPS) is 12.7. The third-order valence-electron chi connectivity index (χ3n) is 5.16. The number of methoxy groups -OCH3 is 1. The summed E-state index contributed by atoms with van der Waals surface area (Å²) in [5, 5.41) is 0. The number of esters is 1. The Bertz CT molecular complexity index is 486. The van der Waals surface area contributed by atoms with E-state index in [1.54, 1.807) is 7.11 Å². The highest BCUT2D eigenvalue weighted by Crippen LogP contribution is 2.26. The van der Waals surface area contributed by atoms with Gasteiger partial charge < -0.3 is 47.4 Å². The summed E-state index contributed by atoms with van der Waals surface area (Å²) < 4.78 is 53.4. The lowest BCUT2D eigenvalue weighted by atomic mass is 9.82. The first-order chi connectivity index (χ1) is 17.9. The molecule has 0 fully saturated rings. The van der Waals surface area contributed by atoms with Gasteiger partial charge in [-0.2, -0.15) is 0 Å². The van der Waals surface area contributed by atoms with Crippen molar-refractivity contribution in [2.75, 3.05) is 126 Å². The molecule has 0 rings (SSSR count). The van der Waals surface area contributed by atoms with Crippen LogP contribution in [-0.4, -0.2) is 132 Å². The highest BCUT2D eigenvalue weighted by Gasteiger charge is 2.27. The van der Waals surface area contributed by atoms with E-state index in [1.807, 2.05) is 27.7 Å². The predicted octanol–water partition coefficient (Wildman–Crippen LogP) is 1.99. The molecule has 1 atom stereocenters. The molecular weight excluding hydrogens is 488 g/mol. The van der Waals surface area contributed by atoms with Gasteiger partial charge in [-0.1, -0.05) is 27.7 Å². The quantitative estimate of drug-likeness (QED) is 0.107. The fraction of sp³-hybridized carbons (Fsp3) is 0.962. The van der Waals surface area contributed by atoms with E-state index in [-0.39, 0.29) is 23.9 Å². The lowest BCUT2D eigenvalue weighted by molar-refractivity contribution is -0.153. The third kappa shape index (κ3) is 26.5. The molecule has 0 saturated carbocycles. The van der Waals surface area contributed by atoms with E-state index in [9.17, 15) is 4.79 Å². The van der Waals surface area contributed by atoms with Gasteiger partial charge in [-0.25, -0.2) is 0 Å². The Balaban J connectivity index is 3.15. The lowest BCUT2D eigenvalue weighted by Gasteiger charge is -2.25. The van der Waals surface area contributed by atoms with Crippen molar-refractivity contribution in [3.63, 3.8) is 0 Å². The molecule has 0 spiro atoms. The van der Waals surface area contributed by atoms with Crippen molar-refractivity contribution in [3.05, 3.63) is 0 Å². The zero-order valence-corrected chi connectivity index (χ0v) is 23.8. The number of ether oxygens (including phenoxy) is 10. The van der Waals surface area contributed by atoms with E-state index < -0.39 is 0 Å². The summed E-state index contributed by atoms with van der Waals surface area (Å²) in [6.45, 7) is 16.8. The van der Waals surface area contributed by atoms with Crippen LogP contribution in [0.15, 0.2) is 0 Å². The second kappa shape index (κ2) is 26.7. The number of carbonyl (C=O) groups is 1. The van der Waals surface area contributed by atoms with Crippen LogP contribution in [-0.2, 0) is 52.2 Å². The Morgan fingerprint density at radius 3 is 0.973 bits per heavy atom. The summed E-state index contributed by atoms with van der Waals surface area (Å²) >= 11 is 0. The van der Waals surface area contributed by atoms with Gasteiger partial charge in [0.1, 0.15) is 6.61 Å². The van der Waals surface area contributed by atoms with Crippen LogP contribution in [0.2, 0.25) is 0 Å². The molecule has 0 radical (unpaired) electrons. The Labute approximate surface area is 223 Å². The van der Waals surface area contributed by atoms with E-state index in [0.717, 1.165) is 0 Å². The van der Waals surface area contributed by atoms with Crippen LogP contribution in [0.25, 0.3) is 0 Å². The topological polar surface area (TPSA) is 109 Å². The van der Waals surface area contributed by atoms with Crippen molar-refractivity contribution in [3.8, 4) is 0 Å². The maximum atomic E-state index is 11.9. The summed E-state index contributed by atoms with van der Waals surface area (Å²) in [4.78, 5) is 11.9. The van der Waals surface area contributed by atoms with Crippen molar-refractivity contribution >= 4 is 5.97 Å². The summed E-state index contributed by atoms with van der Waals surface area (Å²) in [6, 6.07) is 0. The molecule has 0 aromatic rings. The van der Waals surface area contributed by atoms with Crippen LogP contribution in [0.3, 0.4) is 0 Å². The van der Waals surface area contributed by atoms with Gasteiger partial charge in [0.15, 0.2) is 0 Å². The standard InChI is InChI=1S/C26H52O11/c1-24(26(2,3)4)25(27)37-23-22-36-21-20-35-19-18-34-17-16-33-15-14-32-13-12-31-11-10-30-9-8-29-7-6-28-5/h24H,6-23H2,1-5H3. The average molecular weight is 541 g/mol. The predicted molar refractivity (Wildman–Crippen MR) is 138 cm³/mol. The number of hydrogen-bond donors (Lipinski definition) is 0. The molecule has 0 aromatic heterocycles. The van der Waals surface area contributed by atoms with Crippen LogP contribution >= 0.6 is 0 Å². The second-order valence-electron chi connectivity index (χ2n) is 9.15. The fourth-order valence-corrected chi connectivity index (χ4v) is 2.46. The van der Waals surface area contributed by atoms with Gasteiger partial charge >= 0.3 is 5.97 Å². The monoisotopic (exact) mass is 540 g/mol. The molecule has 0 bridgehead atoms. The van der Waals surface area contributed by atoms with Crippen molar-refractivity contribution < 1.29 is 52.2 Å². The molecule has 11 nitrogen and oxygen atoms in total. The number of hydrogen-bond acceptors (Lipinski definition) is 11. The van der Waals surface area contributed by atoms with Crippen LogP contribution < -0.4 is 0 Å². The fourth-order valence-electron chi connectivity index (χ4n) is 2.46. The highest BCUT2D eigenvalue weighted by molar-refractivity contribution is 5.72. The van der Waals surface area contributed by atoms with E-state index in [1.165, 1.54) is 0 Å². The van der Waals surface area contributed by atoms with Gasteiger partial charge in [-0.3, -0.25) is 4.79 Å². The van der Waals surface area contributed by atoms with Gasteiger partial charge in [0.2, 0.25) is 0 Å². The van der Waals surface area contributed by atoms with Gasteiger partial charge in [-0.15, -0.1) is 0 Å². The van der Waals surface area contributed by atoms with Gasteiger partial charge in [0.25, 0.3) is 0 Å². The van der Waals surface area contributed by atoms with Crippen LogP contribution in [0, 0.1) is 11.3 Å². The molecule has 11 heteroatoms. The van der Waals surface area contributed by atoms with Crippen LogP contribution in [0.4, 0.5) is 0 Å².